The molecule has 0 radical (unpaired) electrons. The Balaban J connectivity index is 2.63. The maximum atomic E-state index is 12.4. The molecule has 2 atom stereocenters. The van der Waals surface area contributed by atoms with Crippen LogP contribution in [0.2, 0.25) is 0 Å². The lowest BCUT2D eigenvalue weighted by Gasteiger charge is -2.38. The van der Waals surface area contributed by atoms with E-state index in [0.717, 1.165) is 32.5 Å². The number of likely N-dealkylation sites (tertiary alicyclic amines) is 1. The van der Waals surface area contributed by atoms with Crippen molar-refractivity contribution in [3.8, 4) is 0 Å². The van der Waals surface area contributed by atoms with E-state index in [1.165, 1.54) is 0 Å². The molecular formula is C16H31N3O2. The lowest BCUT2D eigenvalue weighted by molar-refractivity contribution is -0.136. The molecule has 0 unspecified atom stereocenters. The first kappa shape index (κ1) is 18.0. The number of carbonyl (C=O) groups is 2. The quantitative estimate of drug-likeness (QED) is 0.835. The molecule has 0 aromatic heterocycles. The van der Waals surface area contributed by atoms with Crippen LogP contribution in [0.1, 0.15) is 47.5 Å². The van der Waals surface area contributed by atoms with E-state index in [0.29, 0.717) is 5.92 Å². The zero-order chi connectivity index (χ0) is 16.2. The Morgan fingerprint density at radius 2 is 1.90 bits per heavy atom. The summed E-state index contributed by atoms with van der Waals surface area (Å²) in [6.45, 7) is 11.9. The molecule has 1 rings (SSSR count). The van der Waals surface area contributed by atoms with Crippen LogP contribution in [0, 0.1) is 11.8 Å². The standard InChI is InChI=1S/C16H31N3O2/c1-11(2)15(17)16(21)18-8-6-7-14(9-18)10-19(12(3)4)13(5)20/h11-12,14-15H,6-10,17H2,1-5H3/t14-,15+/m1/s1. The van der Waals surface area contributed by atoms with Gasteiger partial charge in [-0.2, -0.15) is 0 Å². The molecule has 1 aliphatic heterocycles. The topological polar surface area (TPSA) is 66.6 Å². The Kier molecular flexibility index (Phi) is 6.65. The van der Waals surface area contributed by atoms with E-state index < -0.39 is 6.04 Å². The summed E-state index contributed by atoms with van der Waals surface area (Å²) in [6.07, 6.45) is 2.06. The number of amides is 2. The SMILES string of the molecule is CC(=O)N(C[C@@H]1CCCN(C(=O)[C@@H](N)C(C)C)C1)C(C)C. The molecule has 2 N–H and O–H groups in total. The first-order valence-corrected chi connectivity index (χ1v) is 8.05. The summed E-state index contributed by atoms with van der Waals surface area (Å²) in [7, 11) is 0. The minimum atomic E-state index is -0.419. The maximum absolute atomic E-state index is 12.4. The molecule has 122 valence electrons. The number of hydrogen-bond donors (Lipinski definition) is 1. The zero-order valence-electron chi connectivity index (χ0n) is 14.1. The average molecular weight is 297 g/mol. The zero-order valence-corrected chi connectivity index (χ0v) is 14.1. The van der Waals surface area contributed by atoms with Crippen molar-refractivity contribution in [1.29, 1.82) is 0 Å². The van der Waals surface area contributed by atoms with E-state index in [9.17, 15) is 9.59 Å². The van der Waals surface area contributed by atoms with Gasteiger partial charge in [0, 0.05) is 32.6 Å². The van der Waals surface area contributed by atoms with Crippen LogP contribution in [0.15, 0.2) is 0 Å². The van der Waals surface area contributed by atoms with Gasteiger partial charge in [0.1, 0.15) is 0 Å². The maximum Gasteiger partial charge on any atom is 0.239 e. The van der Waals surface area contributed by atoms with Crippen LogP contribution in [0.4, 0.5) is 0 Å². The van der Waals surface area contributed by atoms with Gasteiger partial charge in [-0.05, 0) is 38.5 Å². The van der Waals surface area contributed by atoms with E-state index in [-0.39, 0.29) is 23.8 Å². The van der Waals surface area contributed by atoms with Crippen molar-refractivity contribution in [3.05, 3.63) is 0 Å². The highest BCUT2D eigenvalue weighted by Gasteiger charge is 2.30. The highest BCUT2D eigenvalue weighted by atomic mass is 16.2. The smallest absolute Gasteiger partial charge is 0.239 e. The second kappa shape index (κ2) is 7.78. The molecular weight excluding hydrogens is 266 g/mol. The van der Waals surface area contributed by atoms with Gasteiger partial charge in [0.15, 0.2) is 0 Å². The second-order valence-corrected chi connectivity index (χ2v) is 6.83. The Hall–Kier alpha value is -1.10. The van der Waals surface area contributed by atoms with E-state index in [1.807, 2.05) is 37.5 Å². The minimum absolute atomic E-state index is 0.0496. The third kappa shape index (κ3) is 4.99. The summed E-state index contributed by atoms with van der Waals surface area (Å²) in [5, 5.41) is 0. The Morgan fingerprint density at radius 1 is 1.29 bits per heavy atom. The fourth-order valence-electron chi connectivity index (χ4n) is 2.89. The summed E-state index contributed by atoms with van der Waals surface area (Å²) in [6, 6.07) is -0.218. The van der Waals surface area contributed by atoms with Gasteiger partial charge in [-0.15, -0.1) is 0 Å². The fourth-order valence-corrected chi connectivity index (χ4v) is 2.89. The molecule has 0 saturated carbocycles. The second-order valence-electron chi connectivity index (χ2n) is 6.83. The predicted octanol–water partition coefficient (Wildman–Crippen LogP) is 1.47. The van der Waals surface area contributed by atoms with Crippen molar-refractivity contribution in [2.45, 2.75) is 59.5 Å². The van der Waals surface area contributed by atoms with Gasteiger partial charge < -0.3 is 15.5 Å². The van der Waals surface area contributed by atoms with Crippen molar-refractivity contribution in [1.82, 2.24) is 9.80 Å². The van der Waals surface area contributed by atoms with Gasteiger partial charge in [-0.1, -0.05) is 13.8 Å². The van der Waals surface area contributed by atoms with Crippen molar-refractivity contribution < 1.29 is 9.59 Å². The molecule has 21 heavy (non-hydrogen) atoms. The van der Waals surface area contributed by atoms with Gasteiger partial charge in [-0.3, -0.25) is 9.59 Å². The van der Waals surface area contributed by atoms with Crippen LogP contribution in [-0.2, 0) is 9.59 Å². The minimum Gasteiger partial charge on any atom is -0.341 e. The van der Waals surface area contributed by atoms with Crippen LogP contribution >= 0.6 is 0 Å². The molecule has 0 bridgehead atoms. The summed E-state index contributed by atoms with van der Waals surface area (Å²) in [4.78, 5) is 27.8. The van der Waals surface area contributed by atoms with E-state index >= 15 is 0 Å². The van der Waals surface area contributed by atoms with Gasteiger partial charge in [-0.25, -0.2) is 0 Å². The largest absolute Gasteiger partial charge is 0.341 e. The molecule has 1 fully saturated rings. The Bertz CT molecular complexity index is 369. The lowest BCUT2D eigenvalue weighted by Crippen LogP contribution is -2.52. The molecule has 0 spiro atoms. The number of nitrogens with two attached hydrogens (primary N) is 1. The highest BCUT2D eigenvalue weighted by Crippen LogP contribution is 2.20. The molecule has 2 amide bonds. The lowest BCUT2D eigenvalue weighted by atomic mass is 9.95. The third-order valence-electron chi connectivity index (χ3n) is 4.32. The Labute approximate surface area is 128 Å². The third-order valence-corrected chi connectivity index (χ3v) is 4.32. The Morgan fingerprint density at radius 3 is 2.38 bits per heavy atom. The summed E-state index contributed by atoms with van der Waals surface area (Å²) in [5.74, 6) is 0.663. The van der Waals surface area contributed by atoms with Crippen LogP contribution in [0.5, 0.6) is 0 Å². The molecule has 5 nitrogen and oxygen atoms in total. The van der Waals surface area contributed by atoms with E-state index in [1.54, 1.807) is 6.92 Å². The molecule has 1 aliphatic rings. The number of nitrogens with zero attached hydrogens (tertiary/aromatic N) is 2. The van der Waals surface area contributed by atoms with Gasteiger partial charge >= 0.3 is 0 Å². The van der Waals surface area contributed by atoms with Crippen molar-refractivity contribution in [2.75, 3.05) is 19.6 Å². The van der Waals surface area contributed by atoms with Gasteiger partial charge in [0.05, 0.1) is 6.04 Å². The van der Waals surface area contributed by atoms with Crippen LogP contribution in [0.3, 0.4) is 0 Å². The fraction of sp³-hybridized carbons (Fsp3) is 0.875. The summed E-state index contributed by atoms with van der Waals surface area (Å²) >= 11 is 0. The van der Waals surface area contributed by atoms with E-state index in [2.05, 4.69) is 0 Å². The molecule has 1 saturated heterocycles. The van der Waals surface area contributed by atoms with Crippen molar-refractivity contribution in [3.63, 3.8) is 0 Å². The predicted molar refractivity (Wildman–Crippen MR) is 84.6 cm³/mol. The molecule has 1 heterocycles. The summed E-state index contributed by atoms with van der Waals surface area (Å²) in [5.41, 5.74) is 5.98. The molecule has 0 aromatic rings. The number of hydrogen-bond acceptors (Lipinski definition) is 3. The molecule has 0 aromatic carbocycles. The van der Waals surface area contributed by atoms with Crippen LogP contribution in [-0.4, -0.2) is 53.3 Å². The molecule has 0 aliphatic carbocycles. The average Bonchev–Trinajstić information content (AvgIpc) is 2.42. The highest BCUT2D eigenvalue weighted by molar-refractivity contribution is 5.82. The number of carbonyl (C=O) groups excluding carboxylic acids is 2. The van der Waals surface area contributed by atoms with E-state index in [4.69, 9.17) is 5.73 Å². The monoisotopic (exact) mass is 297 g/mol. The van der Waals surface area contributed by atoms with Crippen molar-refractivity contribution >= 4 is 11.8 Å². The van der Waals surface area contributed by atoms with Crippen molar-refractivity contribution in [2.24, 2.45) is 17.6 Å². The summed E-state index contributed by atoms with van der Waals surface area (Å²) < 4.78 is 0. The number of rotatable bonds is 5. The van der Waals surface area contributed by atoms with Crippen LogP contribution < -0.4 is 5.73 Å². The van der Waals surface area contributed by atoms with Gasteiger partial charge in [0.2, 0.25) is 11.8 Å². The van der Waals surface area contributed by atoms with Crippen LogP contribution in [0.25, 0.3) is 0 Å². The normalized spacial score (nSPS) is 20.8. The molecule has 5 heteroatoms. The number of piperidine rings is 1. The first-order chi connectivity index (χ1) is 9.73. The van der Waals surface area contributed by atoms with Gasteiger partial charge in [0.25, 0.3) is 0 Å². The first-order valence-electron chi connectivity index (χ1n) is 8.05.